The highest BCUT2D eigenvalue weighted by Crippen LogP contribution is 2.24. The number of halogens is 1. The van der Waals surface area contributed by atoms with Crippen LogP contribution in [0.2, 0.25) is 0 Å². The molecule has 0 saturated heterocycles. The summed E-state index contributed by atoms with van der Waals surface area (Å²) in [6.45, 7) is 0. The lowest BCUT2D eigenvalue weighted by Gasteiger charge is -2.17. The SMILES string of the molecule is O=C(OI)C1CCCCC1. The second-order valence-electron chi connectivity index (χ2n) is 2.73. The Bertz CT molecular complexity index is 119. The van der Waals surface area contributed by atoms with E-state index in [0.29, 0.717) is 0 Å². The highest BCUT2D eigenvalue weighted by molar-refractivity contribution is 14.1. The average molecular weight is 254 g/mol. The van der Waals surface area contributed by atoms with Crippen LogP contribution in [0.25, 0.3) is 0 Å². The van der Waals surface area contributed by atoms with Crippen LogP contribution in [0.5, 0.6) is 0 Å². The zero-order chi connectivity index (χ0) is 7.40. The van der Waals surface area contributed by atoms with Crippen LogP contribution in [-0.4, -0.2) is 5.97 Å². The minimum Gasteiger partial charge on any atom is -0.394 e. The van der Waals surface area contributed by atoms with E-state index in [1.807, 2.05) is 0 Å². The molecule has 0 aliphatic heterocycles. The molecule has 1 fully saturated rings. The van der Waals surface area contributed by atoms with E-state index in [1.165, 1.54) is 19.3 Å². The van der Waals surface area contributed by atoms with E-state index >= 15 is 0 Å². The third kappa shape index (κ3) is 2.11. The number of carbonyl (C=O) groups excluding carboxylic acids is 1. The molecule has 1 saturated carbocycles. The Morgan fingerprint density at radius 3 is 2.40 bits per heavy atom. The van der Waals surface area contributed by atoms with Crippen LogP contribution in [0.3, 0.4) is 0 Å². The zero-order valence-electron chi connectivity index (χ0n) is 5.81. The molecule has 0 spiro atoms. The van der Waals surface area contributed by atoms with Crippen molar-refractivity contribution < 1.29 is 7.86 Å². The molecule has 0 aromatic heterocycles. The van der Waals surface area contributed by atoms with E-state index in [2.05, 4.69) is 3.07 Å². The van der Waals surface area contributed by atoms with Crippen LogP contribution in [0, 0.1) is 5.92 Å². The van der Waals surface area contributed by atoms with Gasteiger partial charge in [0.05, 0.1) is 5.92 Å². The molecule has 0 aromatic rings. The van der Waals surface area contributed by atoms with Gasteiger partial charge >= 0.3 is 5.97 Å². The molecule has 10 heavy (non-hydrogen) atoms. The number of hydrogen-bond acceptors (Lipinski definition) is 2. The second-order valence-corrected chi connectivity index (χ2v) is 3.17. The summed E-state index contributed by atoms with van der Waals surface area (Å²) >= 11 is 1.67. The normalized spacial score (nSPS) is 20.5. The van der Waals surface area contributed by atoms with Crippen LogP contribution in [0.4, 0.5) is 0 Å². The minimum atomic E-state index is -0.0275. The standard InChI is InChI=1S/C7H11IO2/c8-10-7(9)6-4-2-1-3-5-6/h6H,1-5H2. The van der Waals surface area contributed by atoms with Crippen molar-refractivity contribution in [2.45, 2.75) is 32.1 Å². The maximum absolute atomic E-state index is 10.9. The van der Waals surface area contributed by atoms with Gasteiger partial charge in [-0.1, -0.05) is 19.3 Å². The third-order valence-corrected chi connectivity index (χ3v) is 2.45. The molecule has 0 bridgehead atoms. The van der Waals surface area contributed by atoms with Gasteiger partial charge in [0.2, 0.25) is 0 Å². The summed E-state index contributed by atoms with van der Waals surface area (Å²) in [6.07, 6.45) is 5.72. The van der Waals surface area contributed by atoms with E-state index in [-0.39, 0.29) is 11.9 Å². The number of carbonyl (C=O) groups is 1. The van der Waals surface area contributed by atoms with E-state index in [1.54, 1.807) is 23.0 Å². The van der Waals surface area contributed by atoms with Crippen molar-refractivity contribution in [3.8, 4) is 0 Å². The smallest absolute Gasteiger partial charge is 0.318 e. The number of hydrogen-bond donors (Lipinski definition) is 0. The van der Waals surface area contributed by atoms with Crippen molar-refractivity contribution in [3.05, 3.63) is 0 Å². The molecule has 0 heterocycles. The first-order valence-electron chi connectivity index (χ1n) is 3.67. The van der Waals surface area contributed by atoms with Gasteiger partial charge in [-0.15, -0.1) is 0 Å². The predicted molar refractivity (Wildman–Crippen MR) is 46.7 cm³/mol. The summed E-state index contributed by atoms with van der Waals surface area (Å²) in [4.78, 5) is 10.9. The molecular formula is C7H11IO2. The van der Waals surface area contributed by atoms with Crippen LogP contribution in [0.15, 0.2) is 0 Å². The minimum absolute atomic E-state index is 0.0275. The third-order valence-electron chi connectivity index (χ3n) is 2.01. The van der Waals surface area contributed by atoms with Crippen LogP contribution in [0.1, 0.15) is 32.1 Å². The average Bonchev–Trinajstić information content (AvgIpc) is 2.05. The first kappa shape index (κ1) is 8.30. The molecule has 58 valence electrons. The van der Waals surface area contributed by atoms with Crippen LogP contribution >= 0.6 is 23.0 Å². The molecular weight excluding hydrogens is 243 g/mol. The van der Waals surface area contributed by atoms with Crippen molar-refractivity contribution >= 4 is 29.0 Å². The van der Waals surface area contributed by atoms with Gasteiger partial charge in [-0.05, 0) is 12.8 Å². The highest BCUT2D eigenvalue weighted by Gasteiger charge is 2.21. The van der Waals surface area contributed by atoms with Crippen molar-refractivity contribution in [1.82, 2.24) is 0 Å². The Morgan fingerprint density at radius 1 is 1.30 bits per heavy atom. The van der Waals surface area contributed by atoms with E-state index in [9.17, 15) is 4.79 Å². The fourth-order valence-electron chi connectivity index (χ4n) is 1.40. The highest BCUT2D eigenvalue weighted by atomic mass is 127. The topological polar surface area (TPSA) is 26.3 Å². The zero-order valence-corrected chi connectivity index (χ0v) is 7.96. The largest absolute Gasteiger partial charge is 0.394 e. The van der Waals surface area contributed by atoms with Gasteiger partial charge in [-0.2, -0.15) is 0 Å². The van der Waals surface area contributed by atoms with Crippen molar-refractivity contribution in [1.29, 1.82) is 0 Å². The fourth-order valence-corrected chi connectivity index (χ4v) is 1.76. The first-order valence-corrected chi connectivity index (χ1v) is 4.55. The van der Waals surface area contributed by atoms with E-state index in [0.717, 1.165) is 12.8 Å². The van der Waals surface area contributed by atoms with Crippen molar-refractivity contribution in [2.24, 2.45) is 5.92 Å². The summed E-state index contributed by atoms with van der Waals surface area (Å²) in [7, 11) is 0. The summed E-state index contributed by atoms with van der Waals surface area (Å²) in [5, 5.41) is 0. The second kappa shape index (κ2) is 4.16. The Balaban J connectivity index is 2.31. The van der Waals surface area contributed by atoms with Gasteiger partial charge in [-0.3, -0.25) is 4.79 Å². The maximum atomic E-state index is 10.9. The molecule has 1 aliphatic carbocycles. The Hall–Kier alpha value is 0.200. The van der Waals surface area contributed by atoms with Gasteiger partial charge in [0.1, 0.15) is 0 Å². The molecule has 0 N–H and O–H groups in total. The summed E-state index contributed by atoms with van der Waals surface area (Å²) in [5.41, 5.74) is 0. The fraction of sp³-hybridized carbons (Fsp3) is 0.857. The Morgan fingerprint density at radius 2 is 1.90 bits per heavy atom. The quantitative estimate of drug-likeness (QED) is 0.672. The van der Waals surface area contributed by atoms with Crippen LogP contribution < -0.4 is 0 Å². The van der Waals surface area contributed by atoms with Crippen molar-refractivity contribution in [2.75, 3.05) is 0 Å². The van der Waals surface area contributed by atoms with Gasteiger partial charge in [0, 0.05) is 0 Å². The van der Waals surface area contributed by atoms with E-state index < -0.39 is 0 Å². The molecule has 0 unspecified atom stereocenters. The molecule has 1 aliphatic rings. The Labute approximate surface area is 75.0 Å². The molecule has 0 radical (unpaired) electrons. The van der Waals surface area contributed by atoms with Crippen LogP contribution in [-0.2, 0) is 7.86 Å². The molecule has 0 aromatic carbocycles. The van der Waals surface area contributed by atoms with Gasteiger partial charge in [0.25, 0.3) is 0 Å². The van der Waals surface area contributed by atoms with Gasteiger partial charge < -0.3 is 3.07 Å². The van der Waals surface area contributed by atoms with Gasteiger partial charge in [0.15, 0.2) is 23.0 Å². The molecule has 0 amide bonds. The summed E-state index contributed by atoms with van der Waals surface area (Å²) < 4.78 is 4.62. The molecule has 1 rings (SSSR count). The number of rotatable bonds is 1. The Kier molecular flexibility index (Phi) is 3.45. The first-order chi connectivity index (χ1) is 4.84. The van der Waals surface area contributed by atoms with E-state index in [4.69, 9.17) is 0 Å². The molecule has 0 atom stereocenters. The molecule has 3 heteroatoms. The predicted octanol–water partition coefficient (Wildman–Crippen LogP) is 2.46. The summed E-state index contributed by atoms with van der Waals surface area (Å²) in [5.74, 6) is 0.172. The van der Waals surface area contributed by atoms with Gasteiger partial charge in [-0.25, -0.2) is 0 Å². The lowest BCUT2D eigenvalue weighted by atomic mass is 9.90. The lowest BCUT2D eigenvalue weighted by Crippen LogP contribution is -2.17. The monoisotopic (exact) mass is 254 g/mol. The van der Waals surface area contributed by atoms with Crippen molar-refractivity contribution in [3.63, 3.8) is 0 Å². The summed E-state index contributed by atoms with van der Waals surface area (Å²) in [6, 6.07) is 0. The lowest BCUT2D eigenvalue weighted by molar-refractivity contribution is -0.136. The molecule has 2 nitrogen and oxygen atoms in total. The maximum Gasteiger partial charge on any atom is 0.318 e.